The highest BCUT2D eigenvalue weighted by Gasteiger charge is 2.09. The van der Waals surface area contributed by atoms with E-state index in [1.165, 1.54) is 77.5 Å². The quantitative estimate of drug-likeness (QED) is 0.176. The Bertz CT molecular complexity index is 354. The van der Waals surface area contributed by atoms with E-state index < -0.39 is 0 Å². The maximum Gasteiger partial charge on any atom is 0.191 e. The third-order valence-corrected chi connectivity index (χ3v) is 5.50. The third-order valence-electron chi connectivity index (χ3n) is 5.50. The summed E-state index contributed by atoms with van der Waals surface area (Å²) < 4.78 is 0. The summed E-state index contributed by atoms with van der Waals surface area (Å²) in [6, 6.07) is 0.468. The Morgan fingerprint density at radius 1 is 1.04 bits per heavy atom. The van der Waals surface area contributed by atoms with Crippen molar-refractivity contribution < 1.29 is 0 Å². The van der Waals surface area contributed by atoms with Crippen molar-refractivity contribution in [2.24, 2.45) is 4.99 Å². The lowest BCUT2D eigenvalue weighted by atomic mass is 10.1. The van der Waals surface area contributed by atoms with Gasteiger partial charge in [-0.2, -0.15) is 0 Å². The molecule has 0 aromatic heterocycles. The van der Waals surface area contributed by atoms with Gasteiger partial charge in [0.1, 0.15) is 0 Å². The van der Waals surface area contributed by atoms with Crippen LogP contribution in [-0.2, 0) is 0 Å². The Morgan fingerprint density at radius 3 is 2.37 bits per heavy atom. The van der Waals surface area contributed by atoms with Crippen LogP contribution in [0.2, 0.25) is 0 Å². The molecule has 1 unspecified atom stereocenters. The van der Waals surface area contributed by atoms with Crippen molar-refractivity contribution in [3.05, 3.63) is 0 Å². The van der Waals surface area contributed by atoms with E-state index in [4.69, 9.17) is 0 Å². The molecule has 1 aliphatic rings. The lowest BCUT2D eigenvalue weighted by molar-refractivity contribution is 0.224. The van der Waals surface area contributed by atoms with E-state index in [9.17, 15) is 0 Å². The number of nitrogens with zero attached hydrogens (tertiary/aromatic N) is 3. The van der Waals surface area contributed by atoms with Gasteiger partial charge in [0.25, 0.3) is 0 Å². The number of aliphatic imine (C=N–C) groups is 1. The van der Waals surface area contributed by atoms with E-state index in [0.717, 1.165) is 25.6 Å². The normalized spacial score (nSPS) is 16.9. The lowest BCUT2D eigenvalue weighted by Gasteiger charge is -2.26. The molecule has 27 heavy (non-hydrogen) atoms. The molecule has 0 amide bonds. The molecule has 0 aliphatic carbocycles. The number of unbranched alkanes of at least 4 members (excludes halogenated alkanes) is 2. The average Bonchev–Trinajstić information content (AvgIpc) is 2.67. The van der Waals surface area contributed by atoms with Gasteiger partial charge in [0.05, 0.1) is 0 Å². The second-order valence-electron chi connectivity index (χ2n) is 7.68. The maximum absolute atomic E-state index is 4.37. The summed E-state index contributed by atoms with van der Waals surface area (Å²) in [5, 5.41) is 7.01. The minimum atomic E-state index is 0. The van der Waals surface area contributed by atoms with Crippen LogP contribution in [0.4, 0.5) is 0 Å². The predicted molar refractivity (Wildman–Crippen MR) is 131 cm³/mol. The van der Waals surface area contributed by atoms with E-state index in [2.05, 4.69) is 46.2 Å². The number of guanidine groups is 1. The van der Waals surface area contributed by atoms with Crippen LogP contribution in [0.5, 0.6) is 0 Å². The number of halogens is 1. The Balaban J connectivity index is 0.00000676. The molecular weight excluding hydrogens is 449 g/mol. The van der Waals surface area contributed by atoms with E-state index >= 15 is 0 Å². The molecule has 1 saturated heterocycles. The van der Waals surface area contributed by atoms with E-state index in [1.807, 2.05) is 7.05 Å². The van der Waals surface area contributed by atoms with E-state index in [0.29, 0.717) is 6.04 Å². The van der Waals surface area contributed by atoms with Crippen molar-refractivity contribution in [1.29, 1.82) is 0 Å². The Morgan fingerprint density at radius 2 is 1.74 bits per heavy atom. The number of hydrogen-bond acceptors (Lipinski definition) is 3. The highest BCUT2D eigenvalue weighted by atomic mass is 127. The van der Waals surface area contributed by atoms with Gasteiger partial charge in [-0.05, 0) is 84.7 Å². The molecule has 1 rings (SSSR count). The first-order valence-corrected chi connectivity index (χ1v) is 11.1. The number of piperidine rings is 1. The Hall–Kier alpha value is -0.0800. The zero-order valence-electron chi connectivity index (χ0n) is 18.4. The molecule has 1 heterocycles. The van der Waals surface area contributed by atoms with Crippen molar-refractivity contribution in [2.45, 2.75) is 78.2 Å². The Kier molecular flexibility index (Phi) is 17.9. The summed E-state index contributed by atoms with van der Waals surface area (Å²) in [7, 11) is 1.87. The fourth-order valence-electron chi connectivity index (χ4n) is 3.69. The summed E-state index contributed by atoms with van der Waals surface area (Å²) in [4.78, 5) is 9.50. The standard InChI is InChI=1S/C21H45N5.HI/c1-5-25(6-2)19-13-14-20(3)24-21(22-4)23-15-9-7-10-16-26-17-11-8-12-18-26;/h20H,5-19H2,1-4H3,(H2,22,23,24);1H. The smallest absolute Gasteiger partial charge is 0.191 e. The summed E-state index contributed by atoms with van der Waals surface area (Å²) in [6.45, 7) is 15.2. The van der Waals surface area contributed by atoms with Gasteiger partial charge in [0, 0.05) is 19.6 Å². The number of likely N-dealkylation sites (tertiary alicyclic amines) is 1. The third kappa shape index (κ3) is 13.7. The number of hydrogen-bond donors (Lipinski definition) is 2. The van der Waals surface area contributed by atoms with Crippen LogP contribution in [0.1, 0.15) is 72.1 Å². The minimum absolute atomic E-state index is 0. The van der Waals surface area contributed by atoms with E-state index in [-0.39, 0.29) is 24.0 Å². The van der Waals surface area contributed by atoms with Gasteiger partial charge in [-0.3, -0.25) is 4.99 Å². The summed E-state index contributed by atoms with van der Waals surface area (Å²) in [5.74, 6) is 0.955. The average molecular weight is 496 g/mol. The van der Waals surface area contributed by atoms with Crippen molar-refractivity contribution in [1.82, 2.24) is 20.4 Å². The fraction of sp³-hybridized carbons (Fsp3) is 0.952. The zero-order valence-corrected chi connectivity index (χ0v) is 20.8. The molecule has 1 aliphatic heterocycles. The molecule has 0 aromatic carbocycles. The molecule has 5 nitrogen and oxygen atoms in total. The van der Waals surface area contributed by atoms with Crippen molar-refractivity contribution in [2.75, 3.05) is 52.9 Å². The summed E-state index contributed by atoms with van der Waals surface area (Å²) in [5.41, 5.74) is 0. The monoisotopic (exact) mass is 495 g/mol. The van der Waals surface area contributed by atoms with Gasteiger partial charge in [0.2, 0.25) is 0 Å². The first-order valence-electron chi connectivity index (χ1n) is 11.1. The molecule has 0 saturated carbocycles. The molecule has 6 heteroatoms. The van der Waals surface area contributed by atoms with Crippen molar-refractivity contribution >= 4 is 29.9 Å². The minimum Gasteiger partial charge on any atom is -0.356 e. The summed E-state index contributed by atoms with van der Waals surface area (Å²) in [6.07, 6.45) is 10.5. The topological polar surface area (TPSA) is 42.9 Å². The predicted octanol–water partition coefficient (Wildman–Crippen LogP) is 3.94. The van der Waals surface area contributed by atoms with Crippen LogP contribution < -0.4 is 10.6 Å². The van der Waals surface area contributed by atoms with Crippen LogP contribution >= 0.6 is 24.0 Å². The van der Waals surface area contributed by atoms with Gasteiger partial charge in [-0.1, -0.05) is 26.7 Å². The molecule has 0 radical (unpaired) electrons. The Labute approximate surface area is 186 Å². The van der Waals surface area contributed by atoms with Gasteiger partial charge in [-0.25, -0.2) is 0 Å². The molecule has 1 atom stereocenters. The molecule has 162 valence electrons. The van der Waals surface area contributed by atoms with Crippen LogP contribution in [-0.4, -0.2) is 74.7 Å². The van der Waals surface area contributed by atoms with Crippen LogP contribution in [0.3, 0.4) is 0 Å². The van der Waals surface area contributed by atoms with Crippen LogP contribution in [0.25, 0.3) is 0 Å². The molecule has 2 N–H and O–H groups in total. The van der Waals surface area contributed by atoms with Gasteiger partial charge < -0.3 is 20.4 Å². The molecule has 1 fully saturated rings. The highest BCUT2D eigenvalue weighted by Crippen LogP contribution is 2.09. The first kappa shape index (κ1) is 26.9. The van der Waals surface area contributed by atoms with Crippen molar-refractivity contribution in [3.8, 4) is 0 Å². The molecular formula is C21H46IN5. The van der Waals surface area contributed by atoms with Crippen LogP contribution in [0, 0.1) is 0 Å². The van der Waals surface area contributed by atoms with Crippen LogP contribution in [0.15, 0.2) is 4.99 Å². The van der Waals surface area contributed by atoms with Gasteiger partial charge in [0.15, 0.2) is 5.96 Å². The lowest BCUT2D eigenvalue weighted by Crippen LogP contribution is -2.42. The summed E-state index contributed by atoms with van der Waals surface area (Å²) >= 11 is 0. The number of rotatable bonds is 13. The van der Waals surface area contributed by atoms with Gasteiger partial charge >= 0.3 is 0 Å². The molecule has 0 spiro atoms. The van der Waals surface area contributed by atoms with Gasteiger partial charge in [-0.15, -0.1) is 24.0 Å². The second kappa shape index (κ2) is 18.0. The first-order chi connectivity index (χ1) is 12.7. The highest BCUT2D eigenvalue weighted by molar-refractivity contribution is 14.0. The zero-order chi connectivity index (χ0) is 19.0. The number of nitrogens with one attached hydrogen (secondary N) is 2. The maximum atomic E-state index is 4.37. The largest absolute Gasteiger partial charge is 0.356 e. The fourth-order valence-corrected chi connectivity index (χ4v) is 3.69. The SMILES string of the molecule is CCN(CC)CCCC(C)NC(=NC)NCCCCCN1CCCCC1.I. The van der Waals surface area contributed by atoms with E-state index in [1.54, 1.807) is 0 Å². The second-order valence-corrected chi connectivity index (χ2v) is 7.68. The molecule has 0 aromatic rings. The van der Waals surface area contributed by atoms with Crippen molar-refractivity contribution in [3.63, 3.8) is 0 Å². The molecule has 0 bridgehead atoms.